The Hall–Kier alpha value is -1.90. The highest BCUT2D eigenvalue weighted by Crippen LogP contribution is 2.25. The monoisotopic (exact) mass is 271 g/mol. The second-order valence-electron chi connectivity index (χ2n) is 5.45. The third-order valence-corrected chi connectivity index (χ3v) is 4.07. The van der Waals surface area contributed by atoms with Crippen molar-refractivity contribution < 1.29 is 9.18 Å². The first-order valence-corrected chi connectivity index (χ1v) is 7.12. The number of hydrogen-bond acceptors (Lipinski definition) is 1. The van der Waals surface area contributed by atoms with E-state index in [1.165, 1.54) is 17.8 Å². The quantitative estimate of drug-likeness (QED) is 0.834. The number of hydrogen-bond donors (Lipinski definition) is 0. The molecule has 0 spiro atoms. The highest BCUT2D eigenvalue weighted by atomic mass is 19.1. The molecule has 3 rings (SSSR count). The van der Waals surface area contributed by atoms with Gasteiger partial charge in [0.25, 0.3) is 0 Å². The number of carbonyl (C=O) groups is 1. The Kier molecular flexibility index (Phi) is 3.43. The van der Waals surface area contributed by atoms with E-state index >= 15 is 0 Å². The van der Waals surface area contributed by atoms with Gasteiger partial charge in [-0.3, -0.25) is 4.79 Å². The van der Waals surface area contributed by atoms with Crippen molar-refractivity contribution in [1.29, 1.82) is 0 Å². The lowest BCUT2D eigenvalue weighted by Crippen LogP contribution is -2.14. The zero-order chi connectivity index (χ0) is 14.1. The molecule has 1 aromatic carbocycles. The second-order valence-corrected chi connectivity index (χ2v) is 5.45. The second kappa shape index (κ2) is 5.23. The molecule has 104 valence electrons. The van der Waals surface area contributed by atoms with Crippen LogP contribution in [0.3, 0.4) is 0 Å². The predicted octanol–water partition coefficient (Wildman–Crippen LogP) is 3.70. The molecule has 0 saturated carbocycles. The highest BCUT2D eigenvalue weighted by molar-refractivity contribution is 5.98. The van der Waals surface area contributed by atoms with Crippen LogP contribution in [0.2, 0.25) is 0 Å². The average Bonchev–Trinajstić information content (AvgIpc) is 2.76. The normalized spacial score (nSPS) is 14.4. The maximum atomic E-state index is 12.9. The maximum absolute atomic E-state index is 12.9. The highest BCUT2D eigenvalue weighted by Gasteiger charge is 2.22. The first kappa shape index (κ1) is 13.1. The lowest BCUT2D eigenvalue weighted by molar-refractivity contribution is 0.0972. The zero-order valence-electron chi connectivity index (χ0n) is 11.7. The Bertz CT molecular complexity index is 640. The Morgan fingerprint density at radius 1 is 1.20 bits per heavy atom. The van der Waals surface area contributed by atoms with Crippen molar-refractivity contribution in [3.8, 4) is 0 Å². The lowest BCUT2D eigenvalue weighted by Gasteiger charge is -2.16. The van der Waals surface area contributed by atoms with Crippen molar-refractivity contribution in [2.24, 2.45) is 0 Å². The molecule has 3 heteroatoms. The van der Waals surface area contributed by atoms with Crippen molar-refractivity contribution in [2.75, 3.05) is 0 Å². The van der Waals surface area contributed by atoms with E-state index < -0.39 is 0 Å². The summed E-state index contributed by atoms with van der Waals surface area (Å²) in [5.41, 5.74) is 4.36. The number of carbonyl (C=O) groups excluding carboxylic acids is 1. The summed E-state index contributed by atoms with van der Waals surface area (Å²) in [6, 6.07) is 8.66. The molecule has 0 fully saturated rings. The van der Waals surface area contributed by atoms with Crippen LogP contribution in [0.25, 0.3) is 0 Å². The van der Waals surface area contributed by atoms with Gasteiger partial charge in [0.2, 0.25) is 0 Å². The summed E-state index contributed by atoms with van der Waals surface area (Å²) < 4.78 is 15.1. The first-order chi connectivity index (χ1) is 9.65. The predicted molar refractivity (Wildman–Crippen MR) is 76.5 cm³/mol. The van der Waals surface area contributed by atoms with Gasteiger partial charge < -0.3 is 4.57 Å². The van der Waals surface area contributed by atoms with Crippen LogP contribution in [-0.2, 0) is 19.4 Å². The molecule has 0 unspecified atom stereocenters. The van der Waals surface area contributed by atoms with Crippen LogP contribution in [0, 0.1) is 12.7 Å². The largest absolute Gasteiger partial charge is 0.348 e. The van der Waals surface area contributed by atoms with Gasteiger partial charge in [0.1, 0.15) is 5.82 Å². The van der Waals surface area contributed by atoms with Crippen molar-refractivity contribution >= 4 is 5.78 Å². The molecule has 2 aromatic rings. The van der Waals surface area contributed by atoms with Gasteiger partial charge in [0.15, 0.2) is 5.78 Å². The molecular weight excluding hydrogens is 253 g/mol. The number of benzene rings is 1. The molecule has 0 N–H and O–H groups in total. The topological polar surface area (TPSA) is 22.0 Å². The van der Waals surface area contributed by atoms with Crippen LogP contribution < -0.4 is 0 Å². The minimum absolute atomic E-state index is 0.200. The number of ketones is 1. The van der Waals surface area contributed by atoms with Gasteiger partial charge in [-0.25, -0.2) is 4.39 Å². The molecule has 1 aliphatic rings. The number of rotatable bonds is 3. The lowest BCUT2D eigenvalue weighted by atomic mass is 9.96. The van der Waals surface area contributed by atoms with Gasteiger partial charge in [0, 0.05) is 29.9 Å². The summed E-state index contributed by atoms with van der Waals surface area (Å²) in [4.78, 5) is 11.9. The van der Waals surface area contributed by atoms with Gasteiger partial charge >= 0.3 is 0 Å². The van der Waals surface area contributed by atoms with Crippen molar-refractivity contribution in [3.63, 3.8) is 0 Å². The minimum Gasteiger partial charge on any atom is -0.348 e. The molecule has 0 amide bonds. The van der Waals surface area contributed by atoms with Crippen LogP contribution in [0.15, 0.2) is 30.3 Å². The minimum atomic E-state index is -0.200. The fourth-order valence-electron chi connectivity index (χ4n) is 2.99. The van der Waals surface area contributed by atoms with Crippen molar-refractivity contribution in [3.05, 3.63) is 58.7 Å². The standard InChI is InChI=1S/C17H18FNO/c1-12-11-15-16(3-2-4-17(15)20)19(12)10-9-13-5-7-14(18)8-6-13/h5-8,11H,2-4,9-10H2,1H3. The number of nitrogens with zero attached hydrogens (tertiary/aromatic N) is 1. The maximum Gasteiger partial charge on any atom is 0.164 e. The fourth-order valence-corrected chi connectivity index (χ4v) is 2.99. The number of halogens is 1. The van der Waals surface area contributed by atoms with Crippen LogP contribution >= 0.6 is 0 Å². The van der Waals surface area contributed by atoms with Crippen molar-refractivity contribution in [2.45, 2.75) is 39.2 Å². The van der Waals surface area contributed by atoms with Gasteiger partial charge in [-0.15, -0.1) is 0 Å². The zero-order valence-corrected chi connectivity index (χ0v) is 11.7. The molecule has 1 aliphatic carbocycles. The van der Waals surface area contributed by atoms with Crippen molar-refractivity contribution in [1.82, 2.24) is 4.57 Å². The first-order valence-electron chi connectivity index (χ1n) is 7.12. The summed E-state index contributed by atoms with van der Waals surface area (Å²) in [6.45, 7) is 2.90. The van der Waals surface area contributed by atoms with E-state index in [1.54, 1.807) is 0 Å². The van der Waals surface area contributed by atoms with Gasteiger partial charge in [-0.05, 0) is 49.9 Å². The van der Waals surface area contributed by atoms with E-state index in [0.29, 0.717) is 6.42 Å². The van der Waals surface area contributed by atoms with Crippen LogP contribution in [-0.4, -0.2) is 10.4 Å². The van der Waals surface area contributed by atoms with Gasteiger partial charge in [-0.1, -0.05) is 12.1 Å². The summed E-state index contributed by atoms with van der Waals surface area (Å²) >= 11 is 0. The summed E-state index contributed by atoms with van der Waals surface area (Å²) in [7, 11) is 0. The Labute approximate surface area is 118 Å². The van der Waals surface area contributed by atoms with E-state index in [4.69, 9.17) is 0 Å². The Morgan fingerprint density at radius 3 is 2.70 bits per heavy atom. The number of Topliss-reactive ketones (excluding diaryl/α,β-unsaturated/α-hetero) is 1. The fraction of sp³-hybridized carbons (Fsp3) is 0.353. The number of fused-ring (bicyclic) bond motifs is 1. The molecule has 0 radical (unpaired) electrons. The van der Waals surface area contributed by atoms with Crippen LogP contribution in [0.4, 0.5) is 4.39 Å². The molecule has 1 heterocycles. The van der Waals surface area contributed by atoms with E-state index in [9.17, 15) is 9.18 Å². The molecule has 0 saturated heterocycles. The summed E-state index contributed by atoms with van der Waals surface area (Å²) in [5.74, 6) is 0.0729. The molecule has 0 bridgehead atoms. The average molecular weight is 271 g/mol. The molecule has 2 nitrogen and oxygen atoms in total. The SMILES string of the molecule is Cc1cc2c(n1CCc1ccc(F)cc1)CCCC2=O. The number of aromatic nitrogens is 1. The smallest absolute Gasteiger partial charge is 0.164 e. The molecular formula is C17H18FNO. The Morgan fingerprint density at radius 2 is 1.95 bits per heavy atom. The van der Waals surface area contributed by atoms with Gasteiger partial charge in [-0.2, -0.15) is 0 Å². The third kappa shape index (κ3) is 2.40. The summed E-state index contributed by atoms with van der Waals surface area (Å²) in [5, 5.41) is 0. The summed E-state index contributed by atoms with van der Waals surface area (Å²) in [6.07, 6.45) is 3.47. The van der Waals surface area contributed by atoms with Crippen LogP contribution in [0.1, 0.15) is 40.2 Å². The van der Waals surface area contributed by atoms with E-state index in [-0.39, 0.29) is 11.6 Å². The Balaban J connectivity index is 1.81. The molecule has 20 heavy (non-hydrogen) atoms. The van der Waals surface area contributed by atoms with E-state index in [0.717, 1.165) is 42.6 Å². The third-order valence-electron chi connectivity index (χ3n) is 4.07. The molecule has 0 atom stereocenters. The van der Waals surface area contributed by atoms with Gasteiger partial charge in [0.05, 0.1) is 0 Å². The molecule has 0 aliphatic heterocycles. The van der Waals surface area contributed by atoms with Crippen LogP contribution in [0.5, 0.6) is 0 Å². The van der Waals surface area contributed by atoms with E-state index in [1.807, 2.05) is 18.2 Å². The molecule has 1 aromatic heterocycles. The van der Waals surface area contributed by atoms with E-state index in [2.05, 4.69) is 11.5 Å². The number of aryl methyl sites for hydroxylation is 2.